The lowest BCUT2D eigenvalue weighted by atomic mass is 9.95. The number of halogens is 3. The Bertz CT molecular complexity index is 674. The van der Waals surface area contributed by atoms with Crippen LogP contribution in [0, 0.1) is 5.92 Å². The molecule has 0 radical (unpaired) electrons. The number of benzene rings is 1. The normalized spacial score (nSPS) is 23.0. The van der Waals surface area contributed by atoms with Gasteiger partial charge in [-0.2, -0.15) is 13.2 Å². The lowest BCUT2D eigenvalue weighted by Crippen LogP contribution is -2.46. The van der Waals surface area contributed by atoms with Crippen LogP contribution in [0.5, 0.6) is 0 Å². The Kier molecular flexibility index (Phi) is 3.72. The lowest BCUT2D eigenvalue weighted by molar-refractivity contribution is -0.136. The highest BCUT2D eigenvalue weighted by atomic mass is 19.4. The van der Waals surface area contributed by atoms with Crippen LogP contribution < -0.4 is 10.6 Å². The molecule has 118 valence electrons. The van der Waals surface area contributed by atoms with Crippen LogP contribution in [0.15, 0.2) is 30.5 Å². The fourth-order valence-electron chi connectivity index (χ4n) is 3.26. The van der Waals surface area contributed by atoms with Crippen LogP contribution in [0.1, 0.15) is 18.9 Å². The molecule has 2 atom stereocenters. The molecule has 1 aliphatic rings. The predicted octanol–water partition coefficient (Wildman–Crippen LogP) is 3.43. The van der Waals surface area contributed by atoms with Gasteiger partial charge in [0.1, 0.15) is 0 Å². The molecular weight excluding hydrogens is 291 g/mol. The van der Waals surface area contributed by atoms with Crippen LogP contribution in [0.2, 0.25) is 0 Å². The summed E-state index contributed by atoms with van der Waals surface area (Å²) in [5, 5.41) is 0.527. The number of pyridine rings is 1. The molecule has 1 saturated heterocycles. The van der Waals surface area contributed by atoms with E-state index in [2.05, 4.69) is 16.8 Å². The second kappa shape index (κ2) is 5.43. The second-order valence-corrected chi connectivity index (χ2v) is 6.04. The molecular formula is C16H18F3N3. The molecule has 1 aromatic heterocycles. The largest absolute Gasteiger partial charge is 0.418 e. The van der Waals surface area contributed by atoms with Crippen molar-refractivity contribution in [1.29, 1.82) is 0 Å². The Morgan fingerprint density at radius 3 is 2.68 bits per heavy atom. The van der Waals surface area contributed by atoms with Gasteiger partial charge >= 0.3 is 6.18 Å². The SMILES string of the molecule is CC1C[C@@H](N)CN(c2ccc(C(F)(F)F)c3ncccc23)C1. The van der Waals surface area contributed by atoms with E-state index in [0.717, 1.165) is 24.7 Å². The minimum Gasteiger partial charge on any atom is -0.369 e. The average molecular weight is 309 g/mol. The van der Waals surface area contributed by atoms with E-state index in [-0.39, 0.29) is 11.6 Å². The zero-order chi connectivity index (χ0) is 15.9. The van der Waals surface area contributed by atoms with Crippen LogP contribution in [-0.2, 0) is 6.18 Å². The smallest absolute Gasteiger partial charge is 0.369 e. The Balaban J connectivity index is 2.12. The second-order valence-electron chi connectivity index (χ2n) is 6.04. The molecule has 3 nitrogen and oxygen atoms in total. The van der Waals surface area contributed by atoms with E-state index in [1.54, 1.807) is 12.1 Å². The van der Waals surface area contributed by atoms with Crippen LogP contribution >= 0.6 is 0 Å². The standard InChI is InChI=1S/C16H18F3N3/c1-10-7-11(20)9-22(8-10)14-5-4-13(16(17,18)19)15-12(14)3-2-6-21-15/h2-6,10-11H,7-9,20H2,1H3/t10?,11-/m1/s1. The highest BCUT2D eigenvalue weighted by molar-refractivity contribution is 5.94. The maximum absolute atomic E-state index is 13.1. The monoisotopic (exact) mass is 309 g/mol. The predicted molar refractivity (Wildman–Crippen MR) is 80.7 cm³/mol. The molecule has 3 rings (SSSR count). The summed E-state index contributed by atoms with van der Waals surface area (Å²) in [6.45, 7) is 3.55. The van der Waals surface area contributed by atoms with E-state index in [1.165, 1.54) is 12.3 Å². The van der Waals surface area contributed by atoms with E-state index in [1.807, 2.05) is 0 Å². The number of fused-ring (bicyclic) bond motifs is 1. The molecule has 1 aromatic carbocycles. The first-order valence-electron chi connectivity index (χ1n) is 7.31. The highest BCUT2D eigenvalue weighted by Gasteiger charge is 2.34. The zero-order valence-electron chi connectivity index (χ0n) is 12.3. The van der Waals surface area contributed by atoms with Crippen molar-refractivity contribution < 1.29 is 13.2 Å². The van der Waals surface area contributed by atoms with Gasteiger partial charge in [0.2, 0.25) is 0 Å². The van der Waals surface area contributed by atoms with Gasteiger partial charge in [0.15, 0.2) is 0 Å². The molecule has 1 fully saturated rings. The molecule has 0 saturated carbocycles. The number of nitrogens with two attached hydrogens (primary N) is 1. The molecule has 2 aromatic rings. The van der Waals surface area contributed by atoms with Crippen LogP contribution in [0.3, 0.4) is 0 Å². The molecule has 0 aliphatic carbocycles. The summed E-state index contributed by atoms with van der Waals surface area (Å²) in [6.07, 6.45) is -2.07. The fourth-order valence-corrected chi connectivity index (χ4v) is 3.26. The first-order valence-corrected chi connectivity index (χ1v) is 7.31. The number of piperidine rings is 1. The number of hydrogen-bond acceptors (Lipinski definition) is 3. The summed E-state index contributed by atoms with van der Waals surface area (Å²) in [4.78, 5) is 6.04. The van der Waals surface area contributed by atoms with E-state index < -0.39 is 11.7 Å². The van der Waals surface area contributed by atoms with Crippen LogP contribution in [0.25, 0.3) is 10.9 Å². The van der Waals surface area contributed by atoms with E-state index >= 15 is 0 Å². The average Bonchev–Trinajstić information content (AvgIpc) is 2.44. The minimum absolute atomic E-state index is 0.000650. The van der Waals surface area contributed by atoms with Crippen LogP contribution in [-0.4, -0.2) is 24.1 Å². The first kappa shape index (κ1) is 15.1. The summed E-state index contributed by atoms with van der Waals surface area (Å²) >= 11 is 0. The van der Waals surface area contributed by atoms with Crippen molar-refractivity contribution in [3.63, 3.8) is 0 Å². The quantitative estimate of drug-likeness (QED) is 0.877. The summed E-state index contributed by atoms with van der Waals surface area (Å²) in [5.74, 6) is 0.415. The van der Waals surface area contributed by atoms with Gasteiger partial charge in [-0.3, -0.25) is 4.98 Å². The summed E-state index contributed by atoms with van der Waals surface area (Å²) in [6, 6.07) is 6.06. The van der Waals surface area contributed by atoms with Crippen molar-refractivity contribution in [2.75, 3.05) is 18.0 Å². The molecule has 6 heteroatoms. The van der Waals surface area contributed by atoms with Crippen molar-refractivity contribution in [1.82, 2.24) is 4.98 Å². The fraction of sp³-hybridized carbons (Fsp3) is 0.438. The van der Waals surface area contributed by atoms with Gasteiger partial charge in [0.25, 0.3) is 0 Å². The third-order valence-electron chi connectivity index (χ3n) is 4.08. The molecule has 0 spiro atoms. The minimum atomic E-state index is -4.41. The Labute approximate surface area is 126 Å². The molecule has 1 unspecified atom stereocenters. The number of hydrogen-bond donors (Lipinski definition) is 1. The maximum atomic E-state index is 13.1. The zero-order valence-corrected chi connectivity index (χ0v) is 12.3. The summed E-state index contributed by atoms with van der Waals surface area (Å²) in [5.41, 5.74) is 6.14. The van der Waals surface area contributed by atoms with Gasteiger partial charge in [-0.05, 0) is 36.6 Å². The van der Waals surface area contributed by atoms with Gasteiger partial charge < -0.3 is 10.6 Å². The Morgan fingerprint density at radius 1 is 1.23 bits per heavy atom. The molecule has 1 aliphatic heterocycles. The number of nitrogens with zero attached hydrogens (tertiary/aromatic N) is 2. The topological polar surface area (TPSA) is 42.1 Å². The Morgan fingerprint density at radius 2 is 2.00 bits per heavy atom. The molecule has 0 amide bonds. The number of alkyl halides is 3. The summed E-state index contributed by atoms with van der Waals surface area (Å²) < 4.78 is 39.4. The molecule has 2 heterocycles. The van der Waals surface area contributed by atoms with E-state index in [9.17, 15) is 13.2 Å². The number of anilines is 1. The first-order chi connectivity index (χ1) is 10.4. The molecule has 0 bridgehead atoms. The molecule has 2 N–H and O–H groups in total. The van der Waals surface area contributed by atoms with Crippen molar-refractivity contribution >= 4 is 16.6 Å². The molecule has 22 heavy (non-hydrogen) atoms. The van der Waals surface area contributed by atoms with Crippen molar-refractivity contribution in [2.24, 2.45) is 11.7 Å². The van der Waals surface area contributed by atoms with Gasteiger partial charge in [-0.15, -0.1) is 0 Å². The highest BCUT2D eigenvalue weighted by Crippen LogP contribution is 2.38. The van der Waals surface area contributed by atoms with Gasteiger partial charge in [0, 0.05) is 36.4 Å². The van der Waals surface area contributed by atoms with Crippen LogP contribution in [0.4, 0.5) is 18.9 Å². The van der Waals surface area contributed by atoms with Crippen molar-refractivity contribution in [3.8, 4) is 0 Å². The third kappa shape index (κ3) is 2.75. The maximum Gasteiger partial charge on any atom is 0.418 e. The third-order valence-corrected chi connectivity index (χ3v) is 4.08. The van der Waals surface area contributed by atoms with Crippen molar-refractivity contribution in [3.05, 3.63) is 36.0 Å². The van der Waals surface area contributed by atoms with E-state index in [4.69, 9.17) is 5.73 Å². The van der Waals surface area contributed by atoms with Gasteiger partial charge in [-0.25, -0.2) is 0 Å². The Hall–Kier alpha value is -1.82. The number of aromatic nitrogens is 1. The van der Waals surface area contributed by atoms with Crippen molar-refractivity contribution in [2.45, 2.75) is 25.6 Å². The number of rotatable bonds is 1. The summed E-state index contributed by atoms with van der Waals surface area (Å²) in [7, 11) is 0. The lowest BCUT2D eigenvalue weighted by Gasteiger charge is -2.37. The van der Waals surface area contributed by atoms with E-state index in [0.29, 0.717) is 17.8 Å². The van der Waals surface area contributed by atoms with Gasteiger partial charge in [-0.1, -0.05) is 6.92 Å². The van der Waals surface area contributed by atoms with Gasteiger partial charge in [0.05, 0.1) is 11.1 Å².